The summed E-state index contributed by atoms with van der Waals surface area (Å²) in [4.78, 5) is 12.1. The predicted molar refractivity (Wildman–Crippen MR) is 131 cm³/mol. The zero-order valence-electron chi connectivity index (χ0n) is 19.7. The molecule has 1 heterocycles. The quantitative estimate of drug-likeness (QED) is 0.280. The highest BCUT2D eigenvalue weighted by molar-refractivity contribution is 7.95. The lowest BCUT2D eigenvalue weighted by atomic mass is 10.2. The molecule has 2 aromatic rings. The van der Waals surface area contributed by atoms with Crippen molar-refractivity contribution in [1.82, 2.24) is 5.43 Å². The summed E-state index contributed by atoms with van der Waals surface area (Å²) in [7, 11) is -5.61. The molecular formula is C22H30FN3O6SSi. The molecule has 0 fully saturated rings. The number of hydrogen-bond donors (Lipinski definition) is 1. The van der Waals surface area contributed by atoms with Gasteiger partial charge in [0.1, 0.15) is 11.4 Å². The van der Waals surface area contributed by atoms with Gasteiger partial charge in [0.15, 0.2) is 12.6 Å². The first-order chi connectivity index (χ1) is 16.0. The van der Waals surface area contributed by atoms with Crippen LogP contribution in [0.2, 0.25) is 25.7 Å². The third-order valence-corrected chi connectivity index (χ3v) is 8.16. The summed E-state index contributed by atoms with van der Waals surface area (Å²) in [5.41, 5.74) is 2.35. The highest BCUT2D eigenvalue weighted by atomic mass is 32.2. The van der Waals surface area contributed by atoms with Gasteiger partial charge in [-0.1, -0.05) is 38.7 Å². The SMILES string of the molecule is CCCOC(=O)NN1c2ccccc2N(c2ccc(OCOCC[Si](C)(C)C)cc2F)S1(=O)=O. The Morgan fingerprint density at radius 2 is 1.76 bits per heavy atom. The molecule has 0 radical (unpaired) electrons. The topological polar surface area (TPSA) is 97.4 Å². The van der Waals surface area contributed by atoms with E-state index in [1.807, 2.05) is 6.92 Å². The lowest BCUT2D eigenvalue weighted by Crippen LogP contribution is -2.47. The molecule has 0 unspecified atom stereocenters. The normalized spacial score (nSPS) is 14.6. The second kappa shape index (κ2) is 10.6. The molecule has 9 nitrogen and oxygen atoms in total. The number of carbonyl (C=O) groups is 1. The smallest absolute Gasteiger partial charge is 0.427 e. The number of fused-ring (bicyclic) bond motifs is 1. The van der Waals surface area contributed by atoms with Crippen LogP contribution in [-0.2, 0) is 19.7 Å². The van der Waals surface area contributed by atoms with Gasteiger partial charge in [-0.15, -0.1) is 0 Å². The Labute approximate surface area is 200 Å². The van der Waals surface area contributed by atoms with Crippen LogP contribution in [0.1, 0.15) is 13.3 Å². The minimum atomic E-state index is -4.38. The van der Waals surface area contributed by atoms with E-state index < -0.39 is 30.2 Å². The van der Waals surface area contributed by atoms with E-state index in [0.29, 0.717) is 17.4 Å². The van der Waals surface area contributed by atoms with Crippen molar-refractivity contribution in [1.29, 1.82) is 0 Å². The van der Waals surface area contributed by atoms with Gasteiger partial charge in [-0.05, 0) is 36.7 Å². The van der Waals surface area contributed by atoms with Crippen LogP contribution in [0.15, 0.2) is 42.5 Å². The maximum Gasteiger partial charge on any atom is 0.427 e. The Kier molecular flexibility index (Phi) is 8.05. The molecule has 1 aliphatic heterocycles. The van der Waals surface area contributed by atoms with Crippen molar-refractivity contribution >= 4 is 41.4 Å². The number of rotatable bonds is 10. The second-order valence-corrected chi connectivity index (χ2v) is 16.1. The first-order valence-electron chi connectivity index (χ1n) is 10.9. The third kappa shape index (κ3) is 5.99. The summed E-state index contributed by atoms with van der Waals surface area (Å²) >= 11 is 0. The predicted octanol–water partition coefficient (Wildman–Crippen LogP) is 4.77. The summed E-state index contributed by atoms with van der Waals surface area (Å²) in [6.45, 7) is 9.17. The van der Waals surface area contributed by atoms with E-state index in [9.17, 15) is 13.2 Å². The molecule has 3 rings (SSSR count). The van der Waals surface area contributed by atoms with Crippen molar-refractivity contribution in [3.63, 3.8) is 0 Å². The van der Waals surface area contributed by atoms with Crippen molar-refractivity contribution in [3.8, 4) is 5.75 Å². The van der Waals surface area contributed by atoms with E-state index in [0.717, 1.165) is 16.4 Å². The van der Waals surface area contributed by atoms with Gasteiger partial charge in [-0.25, -0.2) is 18.9 Å². The van der Waals surface area contributed by atoms with Crippen LogP contribution < -0.4 is 18.9 Å². The molecule has 0 atom stereocenters. The Hall–Kier alpha value is -2.83. The van der Waals surface area contributed by atoms with Gasteiger partial charge in [0.25, 0.3) is 0 Å². The number of benzene rings is 2. The van der Waals surface area contributed by atoms with Crippen molar-refractivity contribution in [3.05, 3.63) is 48.3 Å². The van der Waals surface area contributed by atoms with Crippen LogP contribution in [0.3, 0.4) is 0 Å². The van der Waals surface area contributed by atoms with E-state index in [2.05, 4.69) is 25.1 Å². The average molecular weight is 512 g/mol. The summed E-state index contributed by atoms with van der Waals surface area (Å²) in [5, 5.41) is 0. The molecule has 1 amide bonds. The lowest BCUT2D eigenvalue weighted by molar-refractivity contribution is 0.0219. The van der Waals surface area contributed by atoms with Gasteiger partial charge in [-0.3, -0.25) is 0 Å². The van der Waals surface area contributed by atoms with Crippen molar-refractivity contribution in [2.45, 2.75) is 39.0 Å². The average Bonchev–Trinajstić information content (AvgIpc) is 2.98. The molecule has 0 aliphatic carbocycles. The van der Waals surface area contributed by atoms with Gasteiger partial charge in [-0.2, -0.15) is 12.8 Å². The number of carbonyl (C=O) groups excluding carboxylic acids is 1. The number of nitrogens with zero attached hydrogens (tertiary/aromatic N) is 2. The molecule has 34 heavy (non-hydrogen) atoms. The van der Waals surface area contributed by atoms with E-state index in [4.69, 9.17) is 14.2 Å². The summed E-state index contributed by atoms with van der Waals surface area (Å²) in [6, 6.07) is 11.1. The Bertz CT molecular complexity index is 1130. The maximum atomic E-state index is 15.1. The fourth-order valence-electron chi connectivity index (χ4n) is 3.11. The molecule has 1 aliphatic rings. The van der Waals surface area contributed by atoms with Crippen LogP contribution >= 0.6 is 0 Å². The molecule has 0 saturated carbocycles. The number of hydrogen-bond acceptors (Lipinski definition) is 6. The molecule has 0 aromatic heterocycles. The Balaban J connectivity index is 1.79. The summed E-state index contributed by atoms with van der Waals surface area (Å²) in [5.74, 6) is -0.606. The van der Waals surface area contributed by atoms with Crippen LogP contribution in [0, 0.1) is 5.82 Å². The summed E-state index contributed by atoms with van der Waals surface area (Å²) < 4.78 is 59.0. The zero-order valence-corrected chi connectivity index (χ0v) is 21.5. The highest BCUT2D eigenvalue weighted by Crippen LogP contribution is 2.45. The van der Waals surface area contributed by atoms with Gasteiger partial charge in [0.05, 0.1) is 18.0 Å². The van der Waals surface area contributed by atoms with Crippen LogP contribution in [0.5, 0.6) is 5.75 Å². The van der Waals surface area contributed by atoms with E-state index in [-0.39, 0.29) is 36.2 Å². The number of ether oxygens (including phenoxy) is 3. The second-order valence-electron chi connectivity index (χ2n) is 8.87. The van der Waals surface area contributed by atoms with Crippen molar-refractivity contribution in [2.24, 2.45) is 0 Å². The Morgan fingerprint density at radius 3 is 2.41 bits per heavy atom. The summed E-state index contributed by atoms with van der Waals surface area (Å²) in [6.07, 6.45) is -0.355. The molecule has 186 valence electrons. The zero-order chi connectivity index (χ0) is 24.9. The molecular weight excluding hydrogens is 481 g/mol. The first kappa shape index (κ1) is 25.8. The largest absolute Gasteiger partial charge is 0.467 e. The first-order valence-corrected chi connectivity index (χ1v) is 16.0. The lowest BCUT2D eigenvalue weighted by Gasteiger charge is -2.22. The molecule has 0 spiro atoms. The third-order valence-electron chi connectivity index (χ3n) is 4.85. The fraction of sp³-hybridized carbons (Fsp3) is 0.409. The van der Waals surface area contributed by atoms with E-state index >= 15 is 4.39 Å². The number of para-hydroxylation sites is 2. The molecule has 1 N–H and O–H groups in total. The molecule has 2 aromatic carbocycles. The minimum Gasteiger partial charge on any atom is -0.467 e. The highest BCUT2D eigenvalue weighted by Gasteiger charge is 2.43. The molecule has 0 saturated heterocycles. The van der Waals surface area contributed by atoms with Crippen LogP contribution in [-0.4, -0.2) is 42.6 Å². The van der Waals surface area contributed by atoms with Gasteiger partial charge in [0, 0.05) is 20.7 Å². The van der Waals surface area contributed by atoms with Crippen LogP contribution in [0.25, 0.3) is 0 Å². The number of halogens is 1. The van der Waals surface area contributed by atoms with Gasteiger partial charge < -0.3 is 14.2 Å². The standard InChI is InChI=1S/C22H30FN3O6SSi/c1-5-12-31-22(27)24-26-21-9-7-6-8-20(21)25(33(26,28)29)19-11-10-17(15-18(19)23)32-16-30-13-14-34(2,3)4/h6-11,15H,5,12-14,16H2,1-4H3,(H,24,27). The Morgan fingerprint density at radius 1 is 1.06 bits per heavy atom. The molecule has 12 heteroatoms. The number of anilines is 3. The van der Waals surface area contributed by atoms with Gasteiger partial charge >= 0.3 is 16.3 Å². The van der Waals surface area contributed by atoms with E-state index in [1.165, 1.54) is 24.3 Å². The van der Waals surface area contributed by atoms with Crippen molar-refractivity contribution < 1.29 is 31.8 Å². The molecule has 0 bridgehead atoms. The van der Waals surface area contributed by atoms with Crippen LogP contribution in [0.4, 0.5) is 26.2 Å². The maximum absolute atomic E-state index is 15.1. The number of amides is 1. The van der Waals surface area contributed by atoms with Crippen molar-refractivity contribution in [2.75, 3.05) is 28.7 Å². The van der Waals surface area contributed by atoms with Gasteiger partial charge in [0.2, 0.25) is 0 Å². The monoisotopic (exact) mass is 511 g/mol. The number of nitrogens with one attached hydrogen (secondary N) is 1. The van der Waals surface area contributed by atoms with E-state index in [1.54, 1.807) is 12.1 Å². The fourth-order valence-corrected chi connectivity index (χ4v) is 5.42. The minimum absolute atomic E-state index is 0.0360. The number of hydrazine groups is 1.